The highest BCUT2D eigenvalue weighted by Gasteiger charge is 2.26. The molecule has 0 aliphatic heterocycles. The fourth-order valence-electron chi connectivity index (χ4n) is 1.57. The maximum absolute atomic E-state index is 12.0. The molecule has 102 valence electrons. The lowest BCUT2D eigenvalue weighted by atomic mass is 10.2. The summed E-state index contributed by atoms with van der Waals surface area (Å²) in [7, 11) is 0. The van der Waals surface area contributed by atoms with Crippen molar-refractivity contribution >= 4 is 23.5 Å². The Morgan fingerprint density at radius 3 is 2.32 bits per heavy atom. The highest BCUT2D eigenvalue weighted by molar-refractivity contribution is 6.01. The normalized spacial score (nSPS) is 11.5. The molecular weight excluding hydrogens is 248 g/mol. The number of hydrogen-bond donors (Lipinski definition) is 2. The Hall–Kier alpha value is -2.37. The van der Waals surface area contributed by atoms with Gasteiger partial charge in [-0.15, -0.1) is 0 Å². The first-order valence-electron chi connectivity index (χ1n) is 5.78. The minimum absolute atomic E-state index is 0.234. The van der Waals surface area contributed by atoms with Crippen LogP contribution in [0.15, 0.2) is 30.3 Å². The van der Waals surface area contributed by atoms with Crippen LogP contribution in [0.1, 0.15) is 13.8 Å². The first-order chi connectivity index (χ1) is 8.93. The molecule has 1 atom stereocenters. The summed E-state index contributed by atoms with van der Waals surface area (Å²) in [6.45, 7) is 2.48. The summed E-state index contributed by atoms with van der Waals surface area (Å²) in [5.74, 6) is -1.93. The van der Waals surface area contributed by atoms with Crippen molar-refractivity contribution in [1.29, 1.82) is 0 Å². The number of carboxylic acids is 1. The number of nitrogens with zero attached hydrogens (tertiary/aromatic N) is 1. The topological polar surface area (TPSA) is 86.7 Å². The number of aliphatic carboxylic acids is 1. The molecular formula is C13H16N2O4. The van der Waals surface area contributed by atoms with Crippen LogP contribution in [0, 0.1) is 0 Å². The molecule has 0 saturated heterocycles. The van der Waals surface area contributed by atoms with Crippen molar-refractivity contribution in [2.45, 2.75) is 19.9 Å². The second-order valence-corrected chi connectivity index (χ2v) is 4.02. The second-order valence-electron chi connectivity index (χ2n) is 4.02. The quantitative estimate of drug-likeness (QED) is 0.816. The number of carboxylic acid groups (broad SMARTS) is 1. The van der Waals surface area contributed by atoms with Gasteiger partial charge in [0.25, 0.3) is 0 Å². The Balaban J connectivity index is 2.96. The van der Waals surface area contributed by atoms with Crippen LogP contribution in [0.4, 0.5) is 5.69 Å². The van der Waals surface area contributed by atoms with Gasteiger partial charge in [-0.1, -0.05) is 18.2 Å². The van der Waals surface area contributed by atoms with Crippen molar-refractivity contribution in [3.05, 3.63) is 30.3 Å². The highest BCUT2D eigenvalue weighted by atomic mass is 16.4. The van der Waals surface area contributed by atoms with Crippen molar-refractivity contribution in [3.63, 3.8) is 0 Å². The van der Waals surface area contributed by atoms with Crippen LogP contribution >= 0.6 is 0 Å². The summed E-state index contributed by atoms with van der Waals surface area (Å²) >= 11 is 0. The average molecular weight is 264 g/mol. The van der Waals surface area contributed by atoms with Crippen molar-refractivity contribution in [2.75, 3.05) is 11.4 Å². The molecule has 0 heterocycles. The minimum atomic E-state index is -1.11. The molecule has 0 spiro atoms. The van der Waals surface area contributed by atoms with Gasteiger partial charge in [-0.05, 0) is 19.1 Å². The number of para-hydroxylation sites is 1. The number of amides is 2. The van der Waals surface area contributed by atoms with Crippen molar-refractivity contribution in [2.24, 2.45) is 0 Å². The lowest BCUT2D eigenvalue weighted by molar-refractivity contribution is -0.139. The summed E-state index contributed by atoms with van der Waals surface area (Å²) in [5, 5.41) is 11.4. The molecule has 1 rings (SSSR count). The van der Waals surface area contributed by atoms with Crippen LogP contribution in [0.3, 0.4) is 0 Å². The Labute approximate surface area is 111 Å². The Morgan fingerprint density at radius 2 is 1.84 bits per heavy atom. The van der Waals surface area contributed by atoms with E-state index in [1.54, 1.807) is 30.3 Å². The molecule has 0 aliphatic rings. The molecule has 1 aromatic carbocycles. The number of benzene rings is 1. The van der Waals surface area contributed by atoms with Crippen LogP contribution < -0.4 is 10.2 Å². The largest absolute Gasteiger partial charge is 0.480 e. The number of anilines is 1. The third kappa shape index (κ3) is 4.09. The Morgan fingerprint density at radius 1 is 1.26 bits per heavy atom. The van der Waals surface area contributed by atoms with E-state index in [2.05, 4.69) is 5.32 Å². The van der Waals surface area contributed by atoms with E-state index in [-0.39, 0.29) is 12.5 Å². The van der Waals surface area contributed by atoms with Crippen LogP contribution in [-0.4, -0.2) is 35.5 Å². The predicted octanol–water partition coefficient (Wildman–Crippen LogP) is 0.629. The molecule has 0 fully saturated rings. The number of rotatable bonds is 5. The molecule has 0 radical (unpaired) electrons. The molecule has 2 N–H and O–H groups in total. The molecule has 6 heteroatoms. The molecule has 0 aromatic heterocycles. The maximum atomic E-state index is 12.0. The lowest BCUT2D eigenvalue weighted by Crippen LogP contribution is -2.47. The third-order valence-corrected chi connectivity index (χ3v) is 2.54. The average Bonchev–Trinajstić information content (AvgIpc) is 2.37. The van der Waals surface area contributed by atoms with Crippen molar-refractivity contribution in [3.8, 4) is 0 Å². The minimum Gasteiger partial charge on any atom is -0.480 e. The van der Waals surface area contributed by atoms with Gasteiger partial charge in [-0.3, -0.25) is 14.5 Å². The fourth-order valence-corrected chi connectivity index (χ4v) is 1.57. The number of carbonyl (C=O) groups is 3. The van der Waals surface area contributed by atoms with E-state index in [0.717, 1.165) is 4.90 Å². The van der Waals surface area contributed by atoms with Crippen LogP contribution in [0.25, 0.3) is 0 Å². The van der Waals surface area contributed by atoms with Gasteiger partial charge in [-0.25, -0.2) is 4.79 Å². The first-order valence-corrected chi connectivity index (χ1v) is 5.78. The number of hydrogen-bond acceptors (Lipinski definition) is 3. The van der Waals surface area contributed by atoms with Gasteiger partial charge in [-0.2, -0.15) is 0 Å². The molecule has 2 amide bonds. The van der Waals surface area contributed by atoms with Gasteiger partial charge in [0, 0.05) is 12.6 Å². The van der Waals surface area contributed by atoms with Crippen LogP contribution in [-0.2, 0) is 14.4 Å². The van der Waals surface area contributed by atoms with Crippen molar-refractivity contribution in [1.82, 2.24) is 5.32 Å². The molecule has 6 nitrogen and oxygen atoms in total. The summed E-state index contributed by atoms with van der Waals surface area (Å²) in [6.07, 6.45) is 0. The van der Waals surface area contributed by atoms with Gasteiger partial charge >= 0.3 is 5.97 Å². The Kier molecular flexibility index (Phi) is 5.05. The monoisotopic (exact) mass is 264 g/mol. The van der Waals surface area contributed by atoms with E-state index in [4.69, 9.17) is 5.11 Å². The molecule has 0 bridgehead atoms. The van der Waals surface area contributed by atoms with Gasteiger partial charge in [0.1, 0.15) is 6.04 Å². The highest BCUT2D eigenvalue weighted by Crippen LogP contribution is 2.16. The smallest absolute Gasteiger partial charge is 0.326 e. The zero-order chi connectivity index (χ0) is 14.4. The van der Waals surface area contributed by atoms with Crippen LogP contribution in [0.5, 0.6) is 0 Å². The number of carbonyl (C=O) groups excluding carboxylic acids is 2. The summed E-state index contributed by atoms with van der Waals surface area (Å²) in [6, 6.07) is 7.47. The lowest BCUT2D eigenvalue weighted by Gasteiger charge is -2.26. The Bertz CT molecular complexity index is 473. The summed E-state index contributed by atoms with van der Waals surface area (Å²) < 4.78 is 0. The van der Waals surface area contributed by atoms with Gasteiger partial charge in [0.15, 0.2) is 0 Å². The van der Waals surface area contributed by atoms with E-state index in [0.29, 0.717) is 5.69 Å². The zero-order valence-corrected chi connectivity index (χ0v) is 10.8. The van der Waals surface area contributed by atoms with Crippen LogP contribution in [0.2, 0.25) is 0 Å². The molecule has 0 saturated carbocycles. The molecule has 19 heavy (non-hydrogen) atoms. The SMILES string of the molecule is CC(=O)NCC(=O)N(c1ccccc1)[C@@H](C)C(=O)O. The van der Waals surface area contributed by atoms with Gasteiger partial charge < -0.3 is 10.4 Å². The molecule has 0 unspecified atom stereocenters. The summed E-state index contributed by atoms with van der Waals surface area (Å²) in [4.78, 5) is 35.1. The van der Waals surface area contributed by atoms with E-state index in [9.17, 15) is 14.4 Å². The molecule has 1 aromatic rings. The fraction of sp³-hybridized carbons (Fsp3) is 0.308. The van der Waals surface area contributed by atoms with E-state index in [1.165, 1.54) is 13.8 Å². The first kappa shape index (κ1) is 14.7. The van der Waals surface area contributed by atoms with Gasteiger partial charge in [0.2, 0.25) is 11.8 Å². The summed E-state index contributed by atoms with van der Waals surface area (Å²) in [5.41, 5.74) is 0.479. The third-order valence-electron chi connectivity index (χ3n) is 2.54. The van der Waals surface area contributed by atoms with Crippen molar-refractivity contribution < 1.29 is 19.5 Å². The predicted molar refractivity (Wildman–Crippen MR) is 69.7 cm³/mol. The maximum Gasteiger partial charge on any atom is 0.326 e. The number of nitrogens with one attached hydrogen (secondary N) is 1. The zero-order valence-electron chi connectivity index (χ0n) is 10.8. The van der Waals surface area contributed by atoms with Gasteiger partial charge in [0.05, 0.1) is 6.54 Å². The van der Waals surface area contributed by atoms with E-state index < -0.39 is 17.9 Å². The van der Waals surface area contributed by atoms with E-state index >= 15 is 0 Å². The second kappa shape index (κ2) is 6.53. The standard InChI is InChI=1S/C13H16N2O4/c1-9(13(18)19)15(11-6-4-3-5-7-11)12(17)8-14-10(2)16/h3-7,9H,8H2,1-2H3,(H,14,16)(H,18,19)/t9-/m0/s1. The van der Waals surface area contributed by atoms with E-state index in [1.807, 2.05) is 0 Å². The molecule has 0 aliphatic carbocycles.